The third-order valence-corrected chi connectivity index (χ3v) is 2.37. The van der Waals surface area contributed by atoms with Gasteiger partial charge in [0.05, 0.1) is 5.60 Å². The molecule has 3 fully saturated rings. The van der Waals surface area contributed by atoms with Gasteiger partial charge in [-0.1, -0.05) is 0 Å². The molecule has 0 radical (unpaired) electrons. The van der Waals surface area contributed by atoms with E-state index in [1.165, 1.54) is 0 Å². The molecule has 0 aromatic heterocycles. The summed E-state index contributed by atoms with van der Waals surface area (Å²) < 4.78 is 0. The van der Waals surface area contributed by atoms with Gasteiger partial charge < -0.3 is 10.4 Å². The maximum atomic E-state index is 9.95. The van der Waals surface area contributed by atoms with E-state index in [0.717, 1.165) is 25.7 Å². The molecule has 0 atom stereocenters. The summed E-state index contributed by atoms with van der Waals surface area (Å²) in [6.45, 7) is 0. The van der Waals surface area contributed by atoms with Gasteiger partial charge in [0.25, 0.3) is 0 Å². The molecule has 0 spiro atoms. The lowest BCUT2D eigenvalue weighted by Gasteiger charge is -2.67. The van der Waals surface area contributed by atoms with Crippen molar-refractivity contribution >= 4 is 6.41 Å². The van der Waals surface area contributed by atoms with Gasteiger partial charge in [0.1, 0.15) is 0 Å². The van der Waals surface area contributed by atoms with Gasteiger partial charge in [0, 0.05) is 5.54 Å². The quantitative estimate of drug-likeness (QED) is 0.486. The van der Waals surface area contributed by atoms with Crippen LogP contribution in [0.2, 0.25) is 0 Å². The van der Waals surface area contributed by atoms with Crippen LogP contribution in [-0.4, -0.2) is 22.7 Å². The molecule has 3 heteroatoms. The van der Waals surface area contributed by atoms with Crippen molar-refractivity contribution in [1.29, 1.82) is 0 Å². The maximum Gasteiger partial charge on any atom is 0.207 e. The standard InChI is InChI=1S/C6H9NO2/c8-4-7-5-1-6(9,2-5)3-5/h4,9H,1-3H2,(H,7,8). The molecule has 0 aliphatic heterocycles. The molecule has 2 N–H and O–H groups in total. The fraction of sp³-hybridized carbons (Fsp3) is 0.833. The number of rotatable bonds is 2. The Morgan fingerprint density at radius 1 is 1.44 bits per heavy atom. The molecule has 9 heavy (non-hydrogen) atoms. The average Bonchev–Trinajstić information content (AvgIpc) is 1.60. The molecule has 0 aromatic rings. The van der Waals surface area contributed by atoms with Gasteiger partial charge >= 0.3 is 0 Å². The number of aliphatic hydroxyl groups is 1. The fourth-order valence-electron chi connectivity index (χ4n) is 2.01. The first kappa shape index (κ1) is 5.23. The maximum absolute atomic E-state index is 9.95. The number of carbonyl (C=O) groups is 1. The zero-order valence-corrected chi connectivity index (χ0v) is 5.05. The van der Waals surface area contributed by atoms with Gasteiger partial charge in [0.15, 0.2) is 0 Å². The van der Waals surface area contributed by atoms with E-state index in [9.17, 15) is 9.90 Å². The smallest absolute Gasteiger partial charge is 0.207 e. The molecule has 3 aliphatic carbocycles. The zero-order valence-electron chi connectivity index (χ0n) is 5.05. The lowest BCUT2D eigenvalue weighted by Crippen LogP contribution is -2.77. The summed E-state index contributed by atoms with van der Waals surface area (Å²) in [4.78, 5) is 9.95. The van der Waals surface area contributed by atoms with Crippen LogP contribution in [0.4, 0.5) is 0 Å². The van der Waals surface area contributed by atoms with Crippen LogP contribution < -0.4 is 5.32 Å². The number of hydrogen-bond acceptors (Lipinski definition) is 2. The highest BCUT2D eigenvalue weighted by atomic mass is 16.3. The first-order chi connectivity index (χ1) is 4.18. The molecule has 0 unspecified atom stereocenters. The van der Waals surface area contributed by atoms with Crippen LogP contribution in [0.1, 0.15) is 19.3 Å². The predicted octanol–water partition coefficient (Wildman–Crippen LogP) is -0.600. The monoisotopic (exact) mass is 127 g/mol. The molecule has 3 nitrogen and oxygen atoms in total. The van der Waals surface area contributed by atoms with Crippen molar-refractivity contribution in [3.63, 3.8) is 0 Å². The summed E-state index contributed by atoms with van der Waals surface area (Å²) in [5.74, 6) is 0. The lowest BCUT2D eigenvalue weighted by atomic mass is 9.46. The SMILES string of the molecule is O=CNC12CC(O)(C1)C2. The first-order valence-corrected chi connectivity index (χ1v) is 3.12. The van der Waals surface area contributed by atoms with E-state index >= 15 is 0 Å². The van der Waals surface area contributed by atoms with E-state index in [-0.39, 0.29) is 5.54 Å². The number of hydrogen-bond donors (Lipinski definition) is 2. The molecule has 50 valence electrons. The Morgan fingerprint density at radius 2 is 2.00 bits per heavy atom. The summed E-state index contributed by atoms with van der Waals surface area (Å²) in [7, 11) is 0. The van der Waals surface area contributed by atoms with Gasteiger partial charge in [-0.05, 0) is 19.3 Å². The highest BCUT2D eigenvalue weighted by Gasteiger charge is 2.67. The predicted molar refractivity (Wildman–Crippen MR) is 30.7 cm³/mol. The highest BCUT2D eigenvalue weighted by Crippen LogP contribution is 2.59. The van der Waals surface area contributed by atoms with Crippen molar-refractivity contribution in [3.8, 4) is 0 Å². The molecule has 0 heterocycles. The van der Waals surface area contributed by atoms with E-state index in [1.807, 2.05) is 0 Å². The molecule has 0 saturated heterocycles. The molecular weight excluding hydrogens is 118 g/mol. The summed E-state index contributed by atoms with van der Waals surface area (Å²) in [6, 6.07) is 0. The largest absolute Gasteiger partial charge is 0.390 e. The van der Waals surface area contributed by atoms with Crippen molar-refractivity contribution in [3.05, 3.63) is 0 Å². The van der Waals surface area contributed by atoms with Crippen molar-refractivity contribution in [1.82, 2.24) is 5.32 Å². The zero-order chi connectivity index (χ0) is 6.54. The van der Waals surface area contributed by atoms with Crippen LogP contribution in [0.3, 0.4) is 0 Å². The van der Waals surface area contributed by atoms with E-state index in [1.54, 1.807) is 0 Å². The minimum Gasteiger partial charge on any atom is -0.390 e. The Hall–Kier alpha value is -0.570. The minimum absolute atomic E-state index is 0.0104. The Kier molecular flexibility index (Phi) is 0.662. The lowest BCUT2D eigenvalue weighted by molar-refractivity contribution is -0.218. The molecule has 0 aromatic carbocycles. The van der Waals surface area contributed by atoms with Gasteiger partial charge in [-0.25, -0.2) is 0 Å². The van der Waals surface area contributed by atoms with E-state index < -0.39 is 5.60 Å². The van der Waals surface area contributed by atoms with Crippen LogP contribution in [0, 0.1) is 0 Å². The van der Waals surface area contributed by atoms with Crippen LogP contribution in [0.15, 0.2) is 0 Å². The summed E-state index contributed by atoms with van der Waals surface area (Å²) in [6.07, 6.45) is 3.01. The van der Waals surface area contributed by atoms with Crippen molar-refractivity contribution < 1.29 is 9.90 Å². The second-order valence-electron chi connectivity index (χ2n) is 3.30. The van der Waals surface area contributed by atoms with Crippen molar-refractivity contribution in [2.75, 3.05) is 0 Å². The topological polar surface area (TPSA) is 49.3 Å². The van der Waals surface area contributed by atoms with Crippen LogP contribution >= 0.6 is 0 Å². The summed E-state index contributed by atoms with van der Waals surface area (Å²) >= 11 is 0. The van der Waals surface area contributed by atoms with Crippen LogP contribution in [0.25, 0.3) is 0 Å². The third kappa shape index (κ3) is 0.477. The molecule has 3 saturated carbocycles. The Labute approximate surface area is 53.1 Å². The minimum atomic E-state index is -0.393. The Balaban J connectivity index is 1.96. The van der Waals surface area contributed by atoms with Crippen molar-refractivity contribution in [2.45, 2.75) is 30.4 Å². The van der Waals surface area contributed by atoms with Crippen molar-refractivity contribution in [2.24, 2.45) is 0 Å². The first-order valence-electron chi connectivity index (χ1n) is 3.12. The molecule has 3 aliphatic rings. The van der Waals surface area contributed by atoms with Gasteiger partial charge in [-0.3, -0.25) is 4.79 Å². The van der Waals surface area contributed by atoms with E-state index in [4.69, 9.17) is 0 Å². The number of carbonyl (C=O) groups excluding carboxylic acids is 1. The van der Waals surface area contributed by atoms with Gasteiger partial charge in [-0.2, -0.15) is 0 Å². The number of amides is 1. The van der Waals surface area contributed by atoms with Crippen LogP contribution in [-0.2, 0) is 4.79 Å². The highest BCUT2D eigenvalue weighted by molar-refractivity contribution is 5.51. The molecule has 1 amide bonds. The molecular formula is C6H9NO2. The Bertz CT molecular complexity index is 147. The normalized spacial score (nSPS) is 53.0. The second-order valence-corrected chi connectivity index (χ2v) is 3.30. The van der Waals surface area contributed by atoms with Crippen LogP contribution in [0.5, 0.6) is 0 Å². The van der Waals surface area contributed by atoms with Gasteiger partial charge in [0.2, 0.25) is 6.41 Å². The molecule has 3 rings (SSSR count). The second kappa shape index (κ2) is 1.14. The third-order valence-electron chi connectivity index (χ3n) is 2.37. The number of nitrogens with one attached hydrogen (secondary N) is 1. The fourth-order valence-corrected chi connectivity index (χ4v) is 2.01. The Morgan fingerprint density at radius 3 is 2.33 bits per heavy atom. The summed E-state index contributed by atoms with van der Waals surface area (Å²) in [5.41, 5.74) is -0.382. The average molecular weight is 127 g/mol. The molecule has 2 bridgehead atoms. The van der Waals surface area contributed by atoms with E-state index in [0.29, 0.717) is 0 Å². The van der Waals surface area contributed by atoms with E-state index in [2.05, 4.69) is 5.32 Å². The summed E-state index contributed by atoms with van der Waals surface area (Å²) in [5, 5.41) is 11.9. The van der Waals surface area contributed by atoms with Gasteiger partial charge in [-0.15, -0.1) is 0 Å².